The van der Waals surface area contributed by atoms with Gasteiger partial charge in [-0.25, -0.2) is 4.98 Å². The molecule has 1 amide bonds. The molecule has 0 fully saturated rings. The van der Waals surface area contributed by atoms with Gasteiger partial charge in [-0.3, -0.25) is 4.79 Å². The van der Waals surface area contributed by atoms with Crippen LogP contribution in [0.3, 0.4) is 0 Å². The van der Waals surface area contributed by atoms with Gasteiger partial charge in [0.2, 0.25) is 5.91 Å². The molecule has 5 heteroatoms. The summed E-state index contributed by atoms with van der Waals surface area (Å²) in [6, 6.07) is 5.86. The number of nitrogens with zero attached hydrogens (tertiary/aromatic N) is 1. The minimum atomic E-state index is -0.109. The average Bonchev–Trinajstić information content (AvgIpc) is 2.34. The molecule has 1 aromatic rings. The second-order valence-corrected chi connectivity index (χ2v) is 5.36. The summed E-state index contributed by atoms with van der Waals surface area (Å²) < 4.78 is 0. The summed E-state index contributed by atoms with van der Waals surface area (Å²) in [5.41, 5.74) is 0. The highest BCUT2D eigenvalue weighted by Gasteiger charge is 1.96. The molecule has 1 rings (SSSR count). The topological polar surface area (TPSA) is 42.0 Å². The van der Waals surface area contributed by atoms with Crippen molar-refractivity contribution in [2.24, 2.45) is 0 Å². The first kappa shape index (κ1) is 13.1. The van der Waals surface area contributed by atoms with Gasteiger partial charge >= 0.3 is 0 Å². The van der Waals surface area contributed by atoms with E-state index in [4.69, 9.17) is 0 Å². The number of amides is 1. The Morgan fingerprint density at radius 3 is 3.12 bits per heavy atom. The summed E-state index contributed by atoms with van der Waals surface area (Å²) in [6.45, 7) is 4.08. The van der Waals surface area contributed by atoms with Crippen molar-refractivity contribution >= 4 is 27.5 Å². The average molecular weight is 254 g/mol. The van der Waals surface area contributed by atoms with Gasteiger partial charge < -0.3 is 5.32 Å². The predicted molar refractivity (Wildman–Crippen MR) is 70.4 cm³/mol. The molecule has 0 saturated heterocycles. The van der Waals surface area contributed by atoms with Gasteiger partial charge in [-0.2, -0.15) is 0 Å². The van der Waals surface area contributed by atoms with Gasteiger partial charge in [0, 0.05) is 18.5 Å². The Balaban J connectivity index is 2.00. The number of nitrogens with one attached hydrogen (secondary N) is 1. The minimum absolute atomic E-state index is 0.109. The van der Waals surface area contributed by atoms with Crippen molar-refractivity contribution in [1.82, 2.24) is 10.3 Å². The van der Waals surface area contributed by atoms with Gasteiger partial charge in [-0.1, -0.05) is 23.4 Å². The van der Waals surface area contributed by atoms with E-state index in [-0.39, 0.29) is 5.91 Å². The minimum Gasteiger partial charge on any atom is -0.353 e. The molecular formula is C11H14N2OS2. The summed E-state index contributed by atoms with van der Waals surface area (Å²) in [7, 11) is 3.40. The third-order valence-electron chi connectivity index (χ3n) is 1.67. The molecule has 1 N–H and O–H groups in total. The second-order valence-electron chi connectivity index (χ2n) is 2.92. The largest absolute Gasteiger partial charge is 0.353 e. The summed E-state index contributed by atoms with van der Waals surface area (Å²) >= 11 is 0. The quantitative estimate of drug-likeness (QED) is 0.461. The molecule has 0 bridgehead atoms. The molecule has 1 aromatic heterocycles. The molecule has 0 saturated carbocycles. The molecule has 1 heterocycles. The second kappa shape index (κ2) is 8.24. The summed E-state index contributed by atoms with van der Waals surface area (Å²) in [4.78, 5) is 15.0. The van der Waals surface area contributed by atoms with Crippen LogP contribution in [0.5, 0.6) is 0 Å². The number of carbonyl (C=O) groups is 1. The van der Waals surface area contributed by atoms with Crippen LogP contribution < -0.4 is 5.32 Å². The van der Waals surface area contributed by atoms with E-state index in [2.05, 4.69) is 16.9 Å². The third kappa shape index (κ3) is 5.82. The van der Waals surface area contributed by atoms with Crippen LogP contribution in [0.1, 0.15) is 6.42 Å². The van der Waals surface area contributed by atoms with Crippen LogP contribution in [0.25, 0.3) is 0 Å². The van der Waals surface area contributed by atoms with E-state index in [1.165, 1.54) is 6.08 Å². The van der Waals surface area contributed by atoms with Gasteiger partial charge in [0.25, 0.3) is 0 Å². The molecule has 0 aromatic carbocycles. The zero-order chi connectivity index (χ0) is 11.6. The standard InChI is InChI=1S/C11H14N2OS2/c1-2-10(14)12-8-5-9-15-16-11-6-3-4-7-13-11/h2-4,6-7H,1,5,8-9H2,(H,12,14). The number of hydrogen-bond acceptors (Lipinski definition) is 4. The maximum absolute atomic E-state index is 10.8. The van der Waals surface area contributed by atoms with E-state index >= 15 is 0 Å². The molecule has 0 unspecified atom stereocenters. The van der Waals surface area contributed by atoms with Crippen molar-refractivity contribution in [2.45, 2.75) is 11.4 Å². The lowest BCUT2D eigenvalue weighted by Gasteiger charge is -2.01. The monoisotopic (exact) mass is 254 g/mol. The van der Waals surface area contributed by atoms with Crippen LogP contribution in [0, 0.1) is 0 Å². The molecule has 86 valence electrons. The first-order valence-electron chi connectivity index (χ1n) is 4.93. The smallest absolute Gasteiger partial charge is 0.243 e. The van der Waals surface area contributed by atoms with E-state index in [9.17, 15) is 4.79 Å². The lowest BCUT2D eigenvalue weighted by atomic mass is 10.4. The van der Waals surface area contributed by atoms with Crippen molar-refractivity contribution in [2.75, 3.05) is 12.3 Å². The van der Waals surface area contributed by atoms with E-state index in [0.717, 1.165) is 17.2 Å². The number of pyridine rings is 1. The van der Waals surface area contributed by atoms with E-state index < -0.39 is 0 Å². The lowest BCUT2D eigenvalue weighted by molar-refractivity contribution is -0.116. The van der Waals surface area contributed by atoms with Gasteiger partial charge in [-0.15, -0.1) is 0 Å². The Hall–Kier alpha value is -0.940. The number of carbonyl (C=O) groups excluding carboxylic acids is 1. The molecule has 0 radical (unpaired) electrons. The zero-order valence-corrected chi connectivity index (χ0v) is 10.5. The van der Waals surface area contributed by atoms with Gasteiger partial charge in [-0.05, 0) is 35.4 Å². The predicted octanol–water partition coefficient (Wildman–Crippen LogP) is 2.51. The Labute approximate surface area is 104 Å². The highest BCUT2D eigenvalue weighted by atomic mass is 33.1. The molecule has 0 spiro atoms. The highest BCUT2D eigenvalue weighted by Crippen LogP contribution is 2.28. The summed E-state index contributed by atoms with van der Waals surface area (Å²) in [5, 5.41) is 3.75. The van der Waals surface area contributed by atoms with Crippen molar-refractivity contribution in [1.29, 1.82) is 0 Å². The first-order valence-corrected chi connectivity index (χ1v) is 7.25. The van der Waals surface area contributed by atoms with E-state index in [0.29, 0.717) is 6.54 Å². The van der Waals surface area contributed by atoms with Crippen molar-refractivity contribution in [3.8, 4) is 0 Å². The van der Waals surface area contributed by atoms with Gasteiger partial charge in [0.15, 0.2) is 0 Å². The Morgan fingerprint density at radius 2 is 2.44 bits per heavy atom. The fourth-order valence-corrected chi connectivity index (χ4v) is 2.88. The van der Waals surface area contributed by atoms with Crippen LogP contribution in [0.2, 0.25) is 0 Å². The fourth-order valence-electron chi connectivity index (χ4n) is 0.913. The van der Waals surface area contributed by atoms with E-state index in [1.54, 1.807) is 27.8 Å². The Morgan fingerprint density at radius 1 is 1.56 bits per heavy atom. The van der Waals surface area contributed by atoms with Crippen LogP contribution in [-0.2, 0) is 4.79 Å². The highest BCUT2D eigenvalue weighted by molar-refractivity contribution is 8.76. The van der Waals surface area contributed by atoms with E-state index in [1.807, 2.05) is 18.2 Å². The number of aromatic nitrogens is 1. The van der Waals surface area contributed by atoms with Crippen LogP contribution >= 0.6 is 21.6 Å². The fraction of sp³-hybridized carbons (Fsp3) is 0.273. The summed E-state index contributed by atoms with van der Waals surface area (Å²) in [5.74, 6) is 0.876. The molecule has 0 atom stereocenters. The maximum Gasteiger partial charge on any atom is 0.243 e. The Bertz CT molecular complexity index is 330. The van der Waals surface area contributed by atoms with Gasteiger partial charge in [0.05, 0.1) is 0 Å². The van der Waals surface area contributed by atoms with Gasteiger partial charge in [0.1, 0.15) is 5.03 Å². The lowest BCUT2D eigenvalue weighted by Crippen LogP contribution is -2.22. The number of hydrogen-bond donors (Lipinski definition) is 1. The molecule has 0 aliphatic rings. The molecule has 3 nitrogen and oxygen atoms in total. The molecule has 0 aliphatic heterocycles. The Kier molecular flexibility index (Phi) is 6.76. The van der Waals surface area contributed by atoms with Crippen molar-refractivity contribution in [3.05, 3.63) is 37.1 Å². The zero-order valence-electron chi connectivity index (χ0n) is 8.89. The van der Waals surface area contributed by atoms with Crippen molar-refractivity contribution in [3.63, 3.8) is 0 Å². The molecular weight excluding hydrogens is 240 g/mol. The molecule has 16 heavy (non-hydrogen) atoms. The molecule has 0 aliphatic carbocycles. The SMILES string of the molecule is C=CC(=O)NCCCSSc1ccccn1. The van der Waals surface area contributed by atoms with Crippen molar-refractivity contribution < 1.29 is 4.79 Å². The third-order valence-corrected chi connectivity index (χ3v) is 4.02. The van der Waals surface area contributed by atoms with Crippen LogP contribution in [0.4, 0.5) is 0 Å². The van der Waals surface area contributed by atoms with Crippen LogP contribution in [0.15, 0.2) is 42.1 Å². The first-order chi connectivity index (χ1) is 7.83. The summed E-state index contributed by atoms with van der Waals surface area (Å²) in [6.07, 6.45) is 4.02. The van der Waals surface area contributed by atoms with Crippen LogP contribution in [-0.4, -0.2) is 23.2 Å². The normalized spacial score (nSPS) is 9.75. The maximum atomic E-state index is 10.8. The number of rotatable bonds is 7.